The third kappa shape index (κ3) is 1.93. The number of aromatic nitrogens is 3. The van der Waals surface area contributed by atoms with E-state index < -0.39 is 6.10 Å². The van der Waals surface area contributed by atoms with Crippen molar-refractivity contribution in [1.29, 1.82) is 0 Å². The molecule has 90 valence electrons. The Balaban J connectivity index is 1.92. The van der Waals surface area contributed by atoms with E-state index in [1.807, 2.05) is 6.20 Å². The van der Waals surface area contributed by atoms with Gasteiger partial charge in [-0.25, -0.2) is 4.52 Å². The van der Waals surface area contributed by atoms with E-state index in [4.69, 9.17) is 0 Å². The summed E-state index contributed by atoms with van der Waals surface area (Å²) in [5, 5.41) is 14.7. The summed E-state index contributed by atoms with van der Waals surface area (Å²) >= 11 is 0. The van der Waals surface area contributed by atoms with Gasteiger partial charge >= 0.3 is 0 Å². The molecule has 1 atom stereocenters. The fourth-order valence-corrected chi connectivity index (χ4v) is 2.78. The average molecular weight is 231 g/mol. The summed E-state index contributed by atoms with van der Waals surface area (Å²) in [4.78, 5) is 4.10. The normalized spacial score (nSPS) is 19.6. The molecule has 0 radical (unpaired) electrons. The minimum absolute atomic E-state index is 0.386. The summed E-state index contributed by atoms with van der Waals surface area (Å²) in [5.41, 5.74) is 1.84. The molecular weight excluding hydrogens is 214 g/mol. The SMILES string of the molecule is OC(c1cnn2ccncc12)C1CCCCC1. The van der Waals surface area contributed by atoms with Crippen molar-refractivity contribution < 1.29 is 5.11 Å². The van der Waals surface area contributed by atoms with Crippen LogP contribution in [-0.2, 0) is 0 Å². The predicted molar refractivity (Wildman–Crippen MR) is 64.5 cm³/mol. The van der Waals surface area contributed by atoms with Gasteiger partial charge in [0.15, 0.2) is 0 Å². The molecule has 2 aromatic heterocycles. The maximum absolute atomic E-state index is 10.5. The van der Waals surface area contributed by atoms with Crippen LogP contribution in [0.3, 0.4) is 0 Å². The van der Waals surface area contributed by atoms with Crippen LogP contribution in [0.25, 0.3) is 5.52 Å². The van der Waals surface area contributed by atoms with E-state index in [2.05, 4.69) is 10.1 Å². The molecule has 0 amide bonds. The zero-order valence-electron chi connectivity index (χ0n) is 9.79. The van der Waals surface area contributed by atoms with E-state index in [9.17, 15) is 5.11 Å². The molecule has 1 aliphatic rings. The third-order valence-corrected chi connectivity index (χ3v) is 3.77. The molecule has 0 bridgehead atoms. The molecule has 0 saturated heterocycles. The fourth-order valence-electron chi connectivity index (χ4n) is 2.78. The number of aliphatic hydroxyl groups is 1. The second kappa shape index (κ2) is 4.45. The molecular formula is C13H17N3O. The molecule has 4 heteroatoms. The average Bonchev–Trinajstić information content (AvgIpc) is 2.83. The van der Waals surface area contributed by atoms with Gasteiger partial charge in [-0.1, -0.05) is 19.3 Å². The van der Waals surface area contributed by atoms with Crippen LogP contribution < -0.4 is 0 Å². The monoisotopic (exact) mass is 231 g/mol. The first-order valence-electron chi connectivity index (χ1n) is 6.31. The van der Waals surface area contributed by atoms with Gasteiger partial charge in [0.1, 0.15) is 0 Å². The Hall–Kier alpha value is -1.42. The first-order chi connectivity index (χ1) is 8.36. The molecule has 1 N–H and O–H groups in total. The Kier molecular flexibility index (Phi) is 2.81. The van der Waals surface area contributed by atoms with E-state index in [0.29, 0.717) is 5.92 Å². The molecule has 2 aromatic rings. The first-order valence-corrected chi connectivity index (χ1v) is 6.31. The lowest BCUT2D eigenvalue weighted by atomic mass is 9.83. The highest BCUT2D eigenvalue weighted by Crippen LogP contribution is 2.35. The summed E-state index contributed by atoms with van der Waals surface area (Å²) in [7, 11) is 0. The van der Waals surface area contributed by atoms with Crippen molar-refractivity contribution in [2.24, 2.45) is 5.92 Å². The lowest BCUT2D eigenvalue weighted by molar-refractivity contribution is 0.0860. The van der Waals surface area contributed by atoms with Crippen molar-refractivity contribution in [1.82, 2.24) is 14.6 Å². The van der Waals surface area contributed by atoms with Gasteiger partial charge in [-0.05, 0) is 18.8 Å². The Bertz CT molecular complexity index is 502. The topological polar surface area (TPSA) is 50.4 Å². The van der Waals surface area contributed by atoms with Crippen LogP contribution in [0, 0.1) is 5.92 Å². The Morgan fingerprint density at radius 3 is 2.88 bits per heavy atom. The van der Waals surface area contributed by atoms with Gasteiger partial charge in [0, 0.05) is 18.0 Å². The van der Waals surface area contributed by atoms with Crippen molar-refractivity contribution in [3.8, 4) is 0 Å². The van der Waals surface area contributed by atoms with Gasteiger partial charge in [0.25, 0.3) is 0 Å². The second-order valence-electron chi connectivity index (χ2n) is 4.85. The van der Waals surface area contributed by atoms with Crippen LogP contribution in [0.1, 0.15) is 43.8 Å². The van der Waals surface area contributed by atoms with E-state index in [1.165, 1.54) is 19.3 Å². The van der Waals surface area contributed by atoms with Gasteiger partial charge in [-0.3, -0.25) is 4.98 Å². The Labute approximate surface area is 100 Å². The van der Waals surface area contributed by atoms with Crippen molar-refractivity contribution in [2.75, 3.05) is 0 Å². The standard InChI is InChI=1S/C13H17N3O/c17-13(10-4-2-1-3-5-10)11-8-15-16-7-6-14-9-12(11)16/h6-10,13,17H,1-5H2. The van der Waals surface area contributed by atoms with E-state index >= 15 is 0 Å². The minimum Gasteiger partial charge on any atom is -0.388 e. The fraction of sp³-hybridized carbons (Fsp3) is 0.538. The van der Waals surface area contributed by atoms with Crippen LogP contribution in [0.5, 0.6) is 0 Å². The number of hydrogen-bond acceptors (Lipinski definition) is 3. The molecule has 1 saturated carbocycles. The lowest BCUT2D eigenvalue weighted by Gasteiger charge is -2.26. The largest absolute Gasteiger partial charge is 0.388 e. The number of nitrogens with zero attached hydrogens (tertiary/aromatic N) is 3. The molecule has 0 spiro atoms. The summed E-state index contributed by atoms with van der Waals surface area (Å²) in [6.07, 6.45) is 12.7. The Morgan fingerprint density at radius 1 is 1.24 bits per heavy atom. The molecule has 3 rings (SSSR count). The van der Waals surface area contributed by atoms with Crippen molar-refractivity contribution in [2.45, 2.75) is 38.2 Å². The number of hydrogen-bond donors (Lipinski definition) is 1. The molecule has 0 aromatic carbocycles. The molecule has 1 aliphatic carbocycles. The molecule has 4 nitrogen and oxygen atoms in total. The van der Waals surface area contributed by atoms with Gasteiger partial charge in [0.05, 0.1) is 24.0 Å². The van der Waals surface area contributed by atoms with E-state index in [0.717, 1.165) is 23.9 Å². The Morgan fingerprint density at radius 2 is 2.06 bits per heavy atom. The number of rotatable bonds is 2. The zero-order chi connectivity index (χ0) is 11.7. The van der Waals surface area contributed by atoms with Crippen molar-refractivity contribution in [3.63, 3.8) is 0 Å². The third-order valence-electron chi connectivity index (χ3n) is 3.77. The quantitative estimate of drug-likeness (QED) is 0.863. The second-order valence-corrected chi connectivity index (χ2v) is 4.85. The number of aliphatic hydroxyl groups excluding tert-OH is 1. The van der Waals surface area contributed by atoms with E-state index in [1.54, 1.807) is 23.1 Å². The van der Waals surface area contributed by atoms with Crippen molar-refractivity contribution >= 4 is 5.52 Å². The maximum atomic E-state index is 10.5. The van der Waals surface area contributed by atoms with Crippen LogP contribution in [-0.4, -0.2) is 19.7 Å². The van der Waals surface area contributed by atoms with Crippen molar-refractivity contribution in [3.05, 3.63) is 30.4 Å². The van der Waals surface area contributed by atoms with Crippen LogP contribution in [0.4, 0.5) is 0 Å². The summed E-state index contributed by atoms with van der Waals surface area (Å²) < 4.78 is 1.77. The summed E-state index contributed by atoms with van der Waals surface area (Å²) in [5.74, 6) is 0.386. The summed E-state index contributed by atoms with van der Waals surface area (Å²) in [6, 6.07) is 0. The minimum atomic E-state index is -0.392. The van der Waals surface area contributed by atoms with Gasteiger partial charge in [-0.15, -0.1) is 0 Å². The van der Waals surface area contributed by atoms with Crippen LogP contribution in [0.15, 0.2) is 24.8 Å². The number of fused-ring (bicyclic) bond motifs is 1. The lowest BCUT2D eigenvalue weighted by Crippen LogP contribution is -2.15. The van der Waals surface area contributed by atoms with Gasteiger partial charge < -0.3 is 5.11 Å². The molecule has 17 heavy (non-hydrogen) atoms. The molecule has 1 fully saturated rings. The molecule has 1 unspecified atom stereocenters. The van der Waals surface area contributed by atoms with Gasteiger partial charge in [-0.2, -0.15) is 5.10 Å². The smallest absolute Gasteiger partial charge is 0.0903 e. The predicted octanol–water partition coefficient (Wildman–Crippen LogP) is 2.34. The first kappa shape index (κ1) is 10.7. The van der Waals surface area contributed by atoms with E-state index in [-0.39, 0.29) is 0 Å². The van der Waals surface area contributed by atoms with Crippen LogP contribution >= 0.6 is 0 Å². The molecule has 0 aliphatic heterocycles. The highest BCUT2D eigenvalue weighted by atomic mass is 16.3. The van der Waals surface area contributed by atoms with Crippen LogP contribution in [0.2, 0.25) is 0 Å². The maximum Gasteiger partial charge on any atom is 0.0903 e. The molecule has 2 heterocycles. The highest BCUT2D eigenvalue weighted by Gasteiger charge is 2.25. The highest BCUT2D eigenvalue weighted by molar-refractivity contribution is 5.52. The zero-order valence-corrected chi connectivity index (χ0v) is 9.79. The summed E-state index contributed by atoms with van der Waals surface area (Å²) in [6.45, 7) is 0. The van der Waals surface area contributed by atoms with Gasteiger partial charge in [0.2, 0.25) is 0 Å².